The highest BCUT2D eigenvalue weighted by Gasteiger charge is 2.09. The summed E-state index contributed by atoms with van der Waals surface area (Å²) in [6, 6.07) is 7.89. The van der Waals surface area contributed by atoms with Gasteiger partial charge in [0, 0.05) is 31.3 Å². The third-order valence-corrected chi connectivity index (χ3v) is 3.44. The topological polar surface area (TPSA) is 55.3 Å². The maximum atomic E-state index is 12.0. The van der Waals surface area contributed by atoms with Gasteiger partial charge in [-0.25, -0.2) is 4.79 Å². The minimum Gasteiger partial charge on any atom is -0.379 e. The molecule has 2 rings (SSSR count). The van der Waals surface area contributed by atoms with Crippen LogP contribution in [0.3, 0.4) is 0 Å². The summed E-state index contributed by atoms with van der Waals surface area (Å²) in [7, 11) is 0. The lowest BCUT2D eigenvalue weighted by Crippen LogP contribution is -2.30. The zero-order chi connectivity index (χ0) is 15.9. The number of carbonyl (C=O) groups is 1. The number of hydrogen-bond acceptors (Lipinski definition) is 2. The lowest BCUT2D eigenvalue weighted by Gasteiger charge is -2.09. The lowest BCUT2D eigenvalue weighted by molar-refractivity contribution is 0.0775. The number of ether oxygens (including phenoxy) is 1. The lowest BCUT2D eigenvalue weighted by atomic mass is 10.2. The number of urea groups is 1. The molecular formula is C17H25N3O2. The first kappa shape index (κ1) is 16.4. The average molecular weight is 303 g/mol. The Morgan fingerprint density at radius 3 is 2.82 bits per heavy atom. The molecule has 0 spiro atoms. The van der Waals surface area contributed by atoms with Crippen LogP contribution in [-0.4, -0.2) is 29.9 Å². The second kappa shape index (κ2) is 7.84. The predicted molar refractivity (Wildman–Crippen MR) is 90.3 cm³/mol. The minimum atomic E-state index is -0.177. The van der Waals surface area contributed by atoms with Gasteiger partial charge in [0.2, 0.25) is 0 Å². The van der Waals surface area contributed by atoms with Gasteiger partial charge in [-0.3, -0.25) is 0 Å². The summed E-state index contributed by atoms with van der Waals surface area (Å²) in [5.74, 6) is 0. The Hall–Kier alpha value is -2.01. The van der Waals surface area contributed by atoms with Gasteiger partial charge >= 0.3 is 6.03 Å². The second-order valence-corrected chi connectivity index (χ2v) is 5.50. The van der Waals surface area contributed by atoms with Crippen molar-refractivity contribution >= 4 is 22.6 Å². The van der Waals surface area contributed by atoms with Crippen LogP contribution in [0.15, 0.2) is 30.5 Å². The molecule has 2 aromatic rings. The second-order valence-electron chi connectivity index (χ2n) is 5.50. The number of fused-ring (bicyclic) bond motifs is 1. The number of rotatable bonds is 7. The number of aryl methyl sites for hydroxylation is 1. The van der Waals surface area contributed by atoms with Crippen LogP contribution in [0.1, 0.15) is 27.2 Å². The molecule has 0 saturated carbocycles. The van der Waals surface area contributed by atoms with E-state index in [0.717, 1.165) is 29.6 Å². The van der Waals surface area contributed by atoms with Crippen molar-refractivity contribution in [2.75, 3.05) is 18.5 Å². The largest absolute Gasteiger partial charge is 0.379 e. The summed E-state index contributed by atoms with van der Waals surface area (Å²) in [5, 5.41) is 6.84. The Kier molecular flexibility index (Phi) is 5.83. The molecule has 2 N–H and O–H groups in total. The van der Waals surface area contributed by atoms with Crippen LogP contribution >= 0.6 is 0 Å². The Balaban J connectivity index is 1.89. The van der Waals surface area contributed by atoms with Gasteiger partial charge in [-0.15, -0.1) is 0 Å². The van der Waals surface area contributed by atoms with Crippen molar-refractivity contribution in [1.82, 2.24) is 9.88 Å². The summed E-state index contributed by atoms with van der Waals surface area (Å²) in [6.07, 6.45) is 3.02. The first-order valence-electron chi connectivity index (χ1n) is 7.86. The van der Waals surface area contributed by atoms with Crippen LogP contribution < -0.4 is 10.6 Å². The highest BCUT2D eigenvalue weighted by Crippen LogP contribution is 2.25. The van der Waals surface area contributed by atoms with E-state index in [1.165, 1.54) is 0 Å². The Morgan fingerprint density at radius 1 is 1.32 bits per heavy atom. The van der Waals surface area contributed by atoms with Crippen molar-refractivity contribution in [2.24, 2.45) is 0 Å². The molecule has 0 saturated heterocycles. The molecule has 2 amide bonds. The Morgan fingerprint density at radius 2 is 2.09 bits per heavy atom. The summed E-state index contributed by atoms with van der Waals surface area (Å²) >= 11 is 0. The molecule has 0 bridgehead atoms. The van der Waals surface area contributed by atoms with Crippen molar-refractivity contribution in [1.29, 1.82) is 0 Å². The van der Waals surface area contributed by atoms with Gasteiger partial charge in [-0.1, -0.05) is 18.2 Å². The van der Waals surface area contributed by atoms with Crippen LogP contribution in [0.2, 0.25) is 0 Å². The van der Waals surface area contributed by atoms with Crippen molar-refractivity contribution in [3.8, 4) is 0 Å². The number of hydrogen-bond donors (Lipinski definition) is 2. The van der Waals surface area contributed by atoms with E-state index in [9.17, 15) is 4.79 Å². The number of carbonyl (C=O) groups excluding carboxylic acids is 1. The smallest absolute Gasteiger partial charge is 0.319 e. The molecule has 1 aromatic carbocycles. The van der Waals surface area contributed by atoms with Crippen LogP contribution in [0.4, 0.5) is 10.5 Å². The minimum absolute atomic E-state index is 0.177. The van der Waals surface area contributed by atoms with Crippen LogP contribution in [0, 0.1) is 0 Å². The fourth-order valence-corrected chi connectivity index (χ4v) is 2.37. The monoisotopic (exact) mass is 303 g/mol. The van der Waals surface area contributed by atoms with Gasteiger partial charge in [-0.2, -0.15) is 0 Å². The molecule has 0 aliphatic heterocycles. The molecule has 0 atom stereocenters. The highest BCUT2D eigenvalue weighted by molar-refractivity contribution is 6.01. The molecule has 0 aliphatic carbocycles. The average Bonchev–Trinajstić information content (AvgIpc) is 2.85. The molecule has 22 heavy (non-hydrogen) atoms. The van der Waals surface area contributed by atoms with E-state index in [1.54, 1.807) is 0 Å². The van der Waals surface area contributed by atoms with Crippen molar-refractivity contribution in [2.45, 2.75) is 39.8 Å². The highest BCUT2D eigenvalue weighted by atomic mass is 16.5. The van der Waals surface area contributed by atoms with E-state index < -0.39 is 0 Å². The summed E-state index contributed by atoms with van der Waals surface area (Å²) < 4.78 is 7.57. The fraction of sp³-hybridized carbons (Fsp3) is 0.471. The maximum Gasteiger partial charge on any atom is 0.319 e. The van der Waals surface area contributed by atoms with E-state index in [4.69, 9.17) is 4.74 Å². The Bertz CT molecular complexity index is 619. The number of nitrogens with zero attached hydrogens (tertiary/aromatic N) is 1. The molecule has 0 fully saturated rings. The number of aromatic nitrogens is 1. The van der Waals surface area contributed by atoms with Gasteiger partial charge in [-0.05, 0) is 33.3 Å². The first-order chi connectivity index (χ1) is 10.6. The SMILES string of the molecule is CCn1cc(NC(=O)NCCCOC(C)C)c2ccccc21. The molecule has 1 heterocycles. The summed E-state index contributed by atoms with van der Waals surface area (Å²) in [5.41, 5.74) is 1.97. The normalized spacial score (nSPS) is 11.1. The van der Waals surface area contributed by atoms with Crippen molar-refractivity contribution in [3.63, 3.8) is 0 Å². The molecule has 1 aromatic heterocycles. The van der Waals surface area contributed by atoms with Gasteiger partial charge in [0.05, 0.1) is 17.3 Å². The summed E-state index contributed by atoms with van der Waals surface area (Å²) in [6.45, 7) is 8.23. The van der Waals surface area contributed by atoms with Gasteiger partial charge in [0.25, 0.3) is 0 Å². The molecule has 0 radical (unpaired) electrons. The Labute approximate surface area is 131 Å². The quantitative estimate of drug-likeness (QED) is 0.768. The van der Waals surface area contributed by atoms with Crippen LogP contribution in [-0.2, 0) is 11.3 Å². The number of benzene rings is 1. The molecule has 120 valence electrons. The first-order valence-corrected chi connectivity index (χ1v) is 7.86. The summed E-state index contributed by atoms with van der Waals surface area (Å²) in [4.78, 5) is 12.0. The standard InChI is InChI=1S/C17H25N3O2/c1-4-20-12-15(14-8-5-6-9-16(14)20)19-17(21)18-10-7-11-22-13(2)3/h5-6,8-9,12-13H,4,7,10-11H2,1-3H3,(H2,18,19,21). The van der Waals surface area contributed by atoms with E-state index >= 15 is 0 Å². The molecule has 5 nitrogen and oxygen atoms in total. The van der Waals surface area contributed by atoms with Gasteiger partial charge in [0.15, 0.2) is 0 Å². The van der Waals surface area contributed by atoms with E-state index in [0.29, 0.717) is 13.2 Å². The molecule has 0 aliphatic rings. The van der Waals surface area contributed by atoms with E-state index in [1.807, 2.05) is 38.2 Å². The van der Waals surface area contributed by atoms with E-state index in [2.05, 4.69) is 28.2 Å². The number of para-hydroxylation sites is 1. The zero-order valence-corrected chi connectivity index (χ0v) is 13.6. The van der Waals surface area contributed by atoms with Gasteiger partial charge < -0.3 is 19.9 Å². The number of anilines is 1. The number of amides is 2. The van der Waals surface area contributed by atoms with Crippen molar-refractivity contribution < 1.29 is 9.53 Å². The fourth-order valence-electron chi connectivity index (χ4n) is 2.37. The zero-order valence-electron chi connectivity index (χ0n) is 13.6. The third-order valence-electron chi connectivity index (χ3n) is 3.44. The molecule has 5 heteroatoms. The predicted octanol–water partition coefficient (Wildman–Crippen LogP) is 3.60. The van der Waals surface area contributed by atoms with Gasteiger partial charge in [0.1, 0.15) is 0 Å². The maximum absolute atomic E-state index is 12.0. The van der Waals surface area contributed by atoms with Crippen LogP contribution in [0.25, 0.3) is 10.9 Å². The number of nitrogens with one attached hydrogen (secondary N) is 2. The molecule has 0 unspecified atom stereocenters. The molecular weight excluding hydrogens is 278 g/mol. The van der Waals surface area contributed by atoms with Crippen LogP contribution in [0.5, 0.6) is 0 Å². The van der Waals surface area contributed by atoms with Crippen molar-refractivity contribution in [3.05, 3.63) is 30.5 Å². The van der Waals surface area contributed by atoms with E-state index in [-0.39, 0.29) is 12.1 Å². The third kappa shape index (κ3) is 4.24.